The van der Waals surface area contributed by atoms with Crippen molar-refractivity contribution in [1.29, 1.82) is 0 Å². The molecule has 0 saturated heterocycles. The number of esters is 1. The van der Waals surface area contributed by atoms with Crippen LogP contribution in [0.25, 0.3) is 0 Å². The van der Waals surface area contributed by atoms with Gasteiger partial charge in [0.05, 0.1) is 12.7 Å². The van der Waals surface area contributed by atoms with Gasteiger partial charge in [-0.1, -0.05) is 79.7 Å². The summed E-state index contributed by atoms with van der Waals surface area (Å²) in [5, 5.41) is 0. The highest BCUT2D eigenvalue weighted by molar-refractivity contribution is 5.89. The van der Waals surface area contributed by atoms with Crippen LogP contribution in [0.3, 0.4) is 0 Å². The average Bonchev–Trinajstić information content (AvgIpc) is 2.73. The molecule has 0 bridgehead atoms. The molecule has 3 rings (SSSR count). The van der Waals surface area contributed by atoms with Gasteiger partial charge >= 0.3 is 5.97 Å². The summed E-state index contributed by atoms with van der Waals surface area (Å²) in [6.45, 7) is 2.32. The molecular weight excluding hydrogens is 332 g/mol. The Morgan fingerprint density at radius 1 is 0.815 bits per heavy atom. The van der Waals surface area contributed by atoms with Gasteiger partial charge in [-0.15, -0.1) is 0 Å². The highest BCUT2D eigenvalue weighted by atomic mass is 16.5. The second kappa shape index (κ2) is 8.68. The fourth-order valence-corrected chi connectivity index (χ4v) is 3.57. The van der Waals surface area contributed by atoms with Gasteiger partial charge in [-0.3, -0.25) is 0 Å². The summed E-state index contributed by atoms with van der Waals surface area (Å²) in [5.41, 5.74) is 4.49. The Labute approximate surface area is 161 Å². The summed E-state index contributed by atoms with van der Waals surface area (Å²) in [7, 11) is 1.41. The molecule has 0 aromatic heterocycles. The van der Waals surface area contributed by atoms with Crippen LogP contribution in [0.1, 0.15) is 40.4 Å². The van der Waals surface area contributed by atoms with Crippen molar-refractivity contribution in [3.8, 4) is 0 Å². The van der Waals surface area contributed by atoms with Gasteiger partial charge in [0.2, 0.25) is 0 Å². The Balaban J connectivity index is 1.87. The number of ether oxygens (including phenoxy) is 1. The molecule has 0 spiro atoms. The molecule has 1 unspecified atom stereocenters. The fourth-order valence-electron chi connectivity index (χ4n) is 3.57. The van der Waals surface area contributed by atoms with Crippen LogP contribution in [0.2, 0.25) is 0 Å². The zero-order valence-corrected chi connectivity index (χ0v) is 16.0. The highest BCUT2D eigenvalue weighted by Gasteiger charge is 2.27. The third-order valence-electron chi connectivity index (χ3n) is 5.25. The van der Waals surface area contributed by atoms with Crippen molar-refractivity contribution in [2.24, 2.45) is 0 Å². The molecule has 0 heterocycles. The molecule has 0 N–H and O–H groups in total. The number of rotatable bonds is 7. The van der Waals surface area contributed by atoms with Crippen molar-refractivity contribution in [1.82, 2.24) is 0 Å². The lowest BCUT2D eigenvalue weighted by Gasteiger charge is -2.31. The molecule has 0 fully saturated rings. The molecule has 0 saturated carbocycles. The maximum Gasteiger partial charge on any atom is 0.337 e. The normalized spacial score (nSPS) is 13.0. The van der Waals surface area contributed by atoms with Crippen LogP contribution in [0.15, 0.2) is 84.9 Å². The van der Waals surface area contributed by atoms with E-state index in [0.717, 1.165) is 19.3 Å². The van der Waals surface area contributed by atoms with Crippen molar-refractivity contribution in [3.63, 3.8) is 0 Å². The van der Waals surface area contributed by atoms with E-state index in [4.69, 9.17) is 4.74 Å². The number of hydrogen-bond acceptors (Lipinski definition) is 2. The standard InChI is InChI=1S/C25H26O2/c1-25(19-21-11-7-4-8-12-21,18-17-20-9-5-3-6-10-20)23-15-13-22(14-16-23)24(26)27-2/h3-16H,17-19H2,1-2H3. The lowest BCUT2D eigenvalue weighted by molar-refractivity contribution is 0.0600. The minimum Gasteiger partial charge on any atom is -0.465 e. The molecule has 0 aliphatic rings. The molecular formula is C25H26O2. The van der Waals surface area contributed by atoms with E-state index in [2.05, 4.69) is 79.7 Å². The number of benzene rings is 3. The molecule has 0 amide bonds. The van der Waals surface area contributed by atoms with Crippen LogP contribution in [-0.2, 0) is 23.0 Å². The summed E-state index contributed by atoms with van der Waals surface area (Å²) in [6.07, 6.45) is 3.00. The molecule has 3 aromatic carbocycles. The maximum absolute atomic E-state index is 11.8. The predicted molar refractivity (Wildman–Crippen MR) is 110 cm³/mol. The van der Waals surface area contributed by atoms with E-state index < -0.39 is 0 Å². The van der Waals surface area contributed by atoms with Gasteiger partial charge in [-0.25, -0.2) is 4.79 Å². The summed E-state index contributed by atoms with van der Waals surface area (Å²) in [5.74, 6) is -0.296. The number of carbonyl (C=O) groups is 1. The molecule has 2 nitrogen and oxygen atoms in total. The van der Waals surface area contributed by atoms with E-state index in [-0.39, 0.29) is 11.4 Å². The minimum absolute atomic E-state index is 0.0220. The summed E-state index contributed by atoms with van der Waals surface area (Å²) in [6, 6.07) is 29.1. The van der Waals surface area contributed by atoms with Crippen molar-refractivity contribution in [3.05, 3.63) is 107 Å². The lowest BCUT2D eigenvalue weighted by atomic mass is 9.73. The molecule has 3 aromatic rings. The first-order valence-electron chi connectivity index (χ1n) is 9.37. The van der Waals surface area contributed by atoms with Crippen LogP contribution < -0.4 is 0 Å². The first-order chi connectivity index (χ1) is 13.1. The molecule has 27 heavy (non-hydrogen) atoms. The van der Waals surface area contributed by atoms with Gasteiger partial charge in [-0.2, -0.15) is 0 Å². The van der Waals surface area contributed by atoms with Crippen LogP contribution >= 0.6 is 0 Å². The Hall–Kier alpha value is -2.87. The Kier molecular flexibility index (Phi) is 6.08. The van der Waals surface area contributed by atoms with Crippen LogP contribution in [0.4, 0.5) is 0 Å². The monoisotopic (exact) mass is 358 g/mol. The zero-order valence-electron chi connectivity index (χ0n) is 16.0. The quantitative estimate of drug-likeness (QED) is 0.513. The van der Waals surface area contributed by atoms with E-state index in [9.17, 15) is 4.79 Å². The van der Waals surface area contributed by atoms with Gasteiger partial charge in [0.1, 0.15) is 0 Å². The fraction of sp³-hybridized carbons (Fsp3) is 0.240. The SMILES string of the molecule is COC(=O)c1ccc(C(C)(CCc2ccccc2)Cc2ccccc2)cc1. The van der Waals surface area contributed by atoms with E-state index >= 15 is 0 Å². The Morgan fingerprint density at radius 2 is 1.37 bits per heavy atom. The van der Waals surface area contributed by atoms with Crippen LogP contribution in [0.5, 0.6) is 0 Å². The molecule has 0 aliphatic carbocycles. The lowest BCUT2D eigenvalue weighted by Crippen LogP contribution is -2.26. The molecule has 0 radical (unpaired) electrons. The number of carbonyl (C=O) groups excluding carboxylic acids is 1. The predicted octanol–water partition coefficient (Wildman–Crippen LogP) is 5.61. The minimum atomic E-state index is -0.296. The summed E-state index contributed by atoms with van der Waals surface area (Å²) in [4.78, 5) is 11.8. The Bertz CT molecular complexity index is 854. The smallest absolute Gasteiger partial charge is 0.337 e. The first-order valence-corrected chi connectivity index (χ1v) is 9.37. The van der Waals surface area contributed by atoms with Gasteiger partial charge < -0.3 is 4.74 Å². The van der Waals surface area contributed by atoms with E-state index in [1.165, 1.54) is 23.8 Å². The van der Waals surface area contributed by atoms with Gasteiger partial charge in [-0.05, 0) is 53.5 Å². The van der Waals surface area contributed by atoms with Crippen LogP contribution in [-0.4, -0.2) is 13.1 Å². The molecule has 1 atom stereocenters. The third-order valence-corrected chi connectivity index (χ3v) is 5.25. The molecule has 2 heteroatoms. The van der Waals surface area contributed by atoms with E-state index in [0.29, 0.717) is 5.56 Å². The summed E-state index contributed by atoms with van der Waals surface area (Å²) < 4.78 is 4.82. The number of aryl methyl sites for hydroxylation is 1. The largest absolute Gasteiger partial charge is 0.465 e. The topological polar surface area (TPSA) is 26.3 Å². The first kappa shape index (κ1) is 18.9. The molecule has 138 valence electrons. The third kappa shape index (κ3) is 4.85. The van der Waals surface area contributed by atoms with E-state index in [1.807, 2.05) is 12.1 Å². The molecule has 0 aliphatic heterocycles. The van der Waals surface area contributed by atoms with Crippen molar-refractivity contribution in [2.45, 2.75) is 31.6 Å². The number of methoxy groups -OCH3 is 1. The van der Waals surface area contributed by atoms with Crippen molar-refractivity contribution in [2.75, 3.05) is 7.11 Å². The maximum atomic E-state index is 11.8. The second-order valence-corrected chi connectivity index (χ2v) is 7.28. The second-order valence-electron chi connectivity index (χ2n) is 7.28. The van der Waals surface area contributed by atoms with E-state index in [1.54, 1.807) is 0 Å². The summed E-state index contributed by atoms with van der Waals surface area (Å²) >= 11 is 0. The van der Waals surface area contributed by atoms with Crippen molar-refractivity contribution < 1.29 is 9.53 Å². The van der Waals surface area contributed by atoms with Crippen LogP contribution in [0, 0.1) is 0 Å². The van der Waals surface area contributed by atoms with Crippen molar-refractivity contribution >= 4 is 5.97 Å². The highest BCUT2D eigenvalue weighted by Crippen LogP contribution is 2.33. The number of hydrogen-bond donors (Lipinski definition) is 0. The van der Waals surface area contributed by atoms with Gasteiger partial charge in [0.15, 0.2) is 0 Å². The van der Waals surface area contributed by atoms with Gasteiger partial charge in [0, 0.05) is 0 Å². The van der Waals surface area contributed by atoms with Gasteiger partial charge in [0.25, 0.3) is 0 Å². The Morgan fingerprint density at radius 3 is 1.93 bits per heavy atom. The zero-order chi connectivity index (χ0) is 19.1. The average molecular weight is 358 g/mol.